The number of ether oxygens (including phenoxy) is 1. The Kier molecular flexibility index (Phi) is 6.29. The van der Waals surface area contributed by atoms with Crippen LogP contribution < -0.4 is 5.32 Å². The molecule has 3 rings (SSSR count). The molecule has 0 amide bonds. The van der Waals surface area contributed by atoms with E-state index in [0.717, 1.165) is 11.8 Å². The Morgan fingerprint density at radius 3 is 2.64 bits per heavy atom. The molecule has 156 valence electrons. The molecule has 28 heavy (non-hydrogen) atoms. The Morgan fingerprint density at radius 2 is 2.04 bits per heavy atom. The molecule has 1 aliphatic heterocycles. The number of alkyl halides is 3. The largest absolute Gasteiger partial charge is 0.394 e. The predicted molar refractivity (Wildman–Crippen MR) is 93.9 cm³/mol. The van der Waals surface area contributed by atoms with Crippen LogP contribution in [-0.4, -0.2) is 78.2 Å². The number of rotatable bonds is 7. The van der Waals surface area contributed by atoms with E-state index in [1.54, 1.807) is 0 Å². The van der Waals surface area contributed by atoms with E-state index in [9.17, 15) is 28.5 Å². The Balaban J connectivity index is 1.94. The molecule has 0 radical (unpaired) electrons. The van der Waals surface area contributed by atoms with Gasteiger partial charge in [-0.1, -0.05) is 11.8 Å². The van der Waals surface area contributed by atoms with Crippen LogP contribution >= 0.6 is 11.8 Å². The molecule has 13 heteroatoms. The third-order valence-electron chi connectivity index (χ3n) is 4.15. The maximum Gasteiger partial charge on any atom is 0.389 e. The maximum absolute atomic E-state index is 12.4. The van der Waals surface area contributed by atoms with Crippen molar-refractivity contribution in [3.05, 3.63) is 6.33 Å². The number of aromatic nitrogens is 4. The first-order valence-corrected chi connectivity index (χ1v) is 9.54. The molecular formula is C15H20F3N5O4S. The topological polar surface area (TPSA) is 126 Å². The molecule has 0 saturated carbocycles. The zero-order valence-electron chi connectivity index (χ0n) is 14.8. The first kappa shape index (κ1) is 21.0. The van der Waals surface area contributed by atoms with Gasteiger partial charge in [0.2, 0.25) is 0 Å². The number of aliphatic hydroxyl groups is 3. The quantitative estimate of drug-likeness (QED) is 0.380. The fourth-order valence-electron chi connectivity index (χ4n) is 2.81. The standard InChI is InChI=1S/C15H20F3N5O4S/c1-2-19-11-8-12(22-14(21-11)28-4-3-15(16,17)18)23(6-20-8)13-10(26)9(25)7(5-24)27-13/h6-7,9-10,13,24-26H,2-5H2,1H3,(H,19,21,22)/t7-,9?,10?,13-/m1/s1. The average Bonchev–Trinajstić information content (AvgIpc) is 3.16. The highest BCUT2D eigenvalue weighted by atomic mass is 32.2. The number of nitrogens with zero attached hydrogens (tertiary/aromatic N) is 4. The summed E-state index contributed by atoms with van der Waals surface area (Å²) >= 11 is 0.847. The van der Waals surface area contributed by atoms with Gasteiger partial charge in [0.05, 0.1) is 19.4 Å². The van der Waals surface area contributed by atoms with E-state index in [1.807, 2.05) is 6.92 Å². The summed E-state index contributed by atoms with van der Waals surface area (Å²) in [7, 11) is 0. The van der Waals surface area contributed by atoms with Gasteiger partial charge in [-0.15, -0.1) is 0 Å². The van der Waals surface area contributed by atoms with Crippen molar-refractivity contribution >= 4 is 28.7 Å². The summed E-state index contributed by atoms with van der Waals surface area (Å²) in [4.78, 5) is 12.7. The number of halogens is 3. The first-order chi connectivity index (χ1) is 13.2. The Bertz CT molecular complexity index is 821. The van der Waals surface area contributed by atoms with Gasteiger partial charge in [0, 0.05) is 12.3 Å². The van der Waals surface area contributed by atoms with Crippen molar-refractivity contribution < 1.29 is 33.2 Å². The molecule has 4 atom stereocenters. The summed E-state index contributed by atoms with van der Waals surface area (Å²) in [5.74, 6) is 0.0928. The van der Waals surface area contributed by atoms with Crippen LogP contribution in [0.25, 0.3) is 11.2 Å². The fourth-order valence-corrected chi connectivity index (χ4v) is 3.63. The Morgan fingerprint density at radius 1 is 1.29 bits per heavy atom. The molecule has 2 aromatic rings. The molecule has 0 bridgehead atoms. The van der Waals surface area contributed by atoms with Crippen molar-refractivity contribution in [3.63, 3.8) is 0 Å². The second kappa shape index (κ2) is 8.37. The summed E-state index contributed by atoms with van der Waals surface area (Å²) in [6.07, 6.45) is -8.60. The third-order valence-corrected chi connectivity index (χ3v) is 5.00. The highest BCUT2D eigenvalue weighted by Gasteiger charge is 2.44. The molecule has 3 heterocycles. The minimum atomic E-state index is -4.28. The zero-order valence-corrected chi connectivity index (χ0v) is 15.6. The minimum Gasteiger partial charge on any atom is -0.394 e. The van der Waals surface area contributed by atoms with Crippen molar-refractivity contribution in [2.24, 2.45) is 0 Å². The van der Waals surface area contributed by atoms with Crippen LogP contribution in [0.15, 0.2) is 11.5 Å². The molecule has 1 aliphatic rings. The van der Waals surface area contributed by atoms with E-state index >= 15 is 0 Å². The van der Waals surface area contributed by atoms with Gasteiger partial charge in [-0.3, -0.25) is 4.57 Å². The van der Waals surface area contributed by atoms with E-state index in [2.05, 4.69) is 20.3 Å². The van der Waals surface area contributed by atoms with E-state index in [4.69, 9.17) is 4.74 Å². The number of anilines is 1. The van der Waals surface area contributed by atoms with Crippen molar-refractivity contribution in [3.8, 4) is 0 Å². The molecule has 2 unspecified atom stereocenters. The zero-order chi connectivity index (χ0) is 20.5. The lowest BCUT2D eigenvalue weighted by molar-refractivity contribution is -0.129. The summed E-state index contributed by atoms with van der Waals surface area (Å²) in [5, 5.41) is 32.5. The van der Waals surface area contributed by atoms with Crippen molar-refractivity contribution in [2.45, 2.75) is 49.2 Å². The normalized spacial score (nSPS) is 25.5. The number of hydrogen-bond acceptors (Lipinski definition) is 9. The molecule has 4 N–H and O–H groups in total. The lowest BCUT2D eigenvalue weighted by atomic mass is 10.1. The molecule has 0 aromatic carbocycles. The van der Waals surface area contributed by atoms with Gasteiger partial charge in [0.25, 0.3) is 0 Å². The average molecular weight is 423 g/mol. The lowest BCUT2D eigenvalue weighted by Crippen LogP contribution is -2.33. The number of nitrogens with one attached hydrogen (secondary N) is 1. The fraction of sp³-hybridized carbons (Fsp3) is 0.667. The highest BCUT2D eigenvalue weighted by molar-refractivity contribution is 7.99. The first-order valence-electron chi connectivity index (χ1n) is 8.55. The number of hydrogen-bond donors (Lipinski definition) is 4. The van der Waals surface area contributed by atoms with Crippen LogP contribution in [0.1, 0.15) is 19.6 Å². The molecule has 2 aromatic heterocycles. The van der Waals surface area contributed by atoms with E-state index < -0.39 is 43.7 Å². The minimum absolute atomic E-state index is 0.112. The smallest absolute Gasteiger partial charge is 0.389 e. The van der Waals surface area contributed by atoms with Crippen LogP contribution in [0, 0.1) is 0 Å². The van der Waals surface area contributed by atoms with Crippen LogP contribution in [0.4, 0.5) is 19.0 Å². The van der Waals surface area contributed by atoms with Gasteiger partial charge in [0.1, 0.15) is 18.3 Å². The maximum atomic E-state index is 12.4. The highest BCUT2D eigenvalue weighted by Crippen LogP contribution is 2.33. The van der Waals surface area contributed by atoms with Gasteiger partial charge in [-0.2, -0.15) is 13.2 Å². The lowest BCUT2D eigenvalue weighted by Gasteiger charge is -2.17. The molecule has 0 aliphatic carbocycles. The van der Waals surface area contributed by atoms with E-state index in [0.29, 0.717) is 17.9 Å². The Labute approximate surface area is 162 Å². The molecule has 0 spiro atoms. The Hall–Kier alpha value is -1.67. The van der Waals surface area contributed by atoms with Crippen molar-refractivity contribution in [1.29, 1.82) is 0 Å². The predicted octanol–water partition coefficient (Wildman–Crippen LogP) is 0.914. The van der Waals surface area contributed by atoms with Crippen LogP contribution in [0.3, 0.4) is 0 Å². The van der Waals surface area contributed by atoms with Gasteiger partial charge < -0.3 is 25.4 Å². The molecule has 1 fully saturated rings. The van der Waals surface area contributed by atoms with Crippen molar-refractivity contribution in [1.82, 2.24) is 19.5 Å². The second-order valence-corrected chi connectivity index (χ2v) is 7.21. The van der Waals surface area contributed by atoms with Crippen LogP contribution in [0.2, 0.25) is 0 Å². The van der Waals surface area contributed by atoms with Gasteiger partial charge >= 0.3 is 6.18 Å². The van der Waals surface area contributed by atoms with Gasteiger partial charge in [0.15, 0.2) is 28.4 Å². The van der Waals surface area contributed by atoms with Crippen LogP contribution in [-0.2, 0) is 4.74 Å². The van der Waals surface area contributed by atoms with Gasteiger partial charge in [-0.25, -0.2) is 15.0 Å². The van der Waals surface area contributed by atoms with Crippen LogP contribution in [0.5, 0.6) is 0 Å². The van der Waals surface area contributed by atoms with Gasteiger partial charge in [-0.05, 0) is 6.92 Å². The molecule has 1 saturated heterocycles. The monoisotopic (exact) mass is 423 g/mol. The second-order valence-electron chi connectivity index (χ2n) is 6.15. The molecule has 9 nitrogen and oxygen atoms in total. The number of aliphatic hydroxyl groups excluding tert-OH is 3. The SMILES string of the molecule is CCNc1nc(SCCC(F)(F)F)nc2c1ncn2[C@@H]1O[C@H](CO)C(O)C1O. The van der Waals surface area contributed by atoms with Crippen molar-refractivity contribution in [2.75, 3.05) is 24.2 Å². The third kappa shape index (κ3) is 4.33. The summed E-state index contributed by atoms with van der Waals surface area (Å²) in [5.41, 5.74) is 0.579. The number of imidazole rings is 1. The summed E-state index contributed by atoms with van der Waals surface area (Å²) < 4.78 is 44.1. The summed E-state index contributed by atoms with van der Waals surface area (Å²) in [6.45, 7) is 1.84. The summed E-state index contributed by atoms with van der Waals surface area (Å²) in [6, 6.07) is 0. The number of fused-ring (bicyclic) bond motifs is 1. The van der Waals surface area contributed by atoms with E-state index in [-0.39, 0.29) is 16.6 Å². The number of thioether (sulfide) groups is 1. The van der Waals surface area contributed by atoms with E-state index in [1.165, 1.54) is 10.9 Å². The molecular weight excluding hydrogens is 403 g/mol.